The summed E-state index contributed by atoms with van der Waals surface area (Å²) in [6.07, 6.45) is 1.16. The Kier molecular flexibility index (Phi) is 2.14. The van der Waals surface area contributed by atoms with Crippen LogP contribution in [0.3, 0.4) is 0 Å². The first-order valence-electron chi connectivity index (χ1n) is 4.26. The van der Waals surface area contributed by atoms with Gasteiger partial charge in [0, 0.05) is 0 Å². The molecule has 2 rings (SSSR count). The standard InChI is InChI=1S/C11H7NO3/c1-14-8-3-2-4-9-10(8)11(13)7(5-12)6-15-9/h2-4,6H,1H3. The van der Waals surface area contributed by atoms with Gasteiger partial charge in [-0.05, 0) is 12.1 Å². The summed E-state index contributed by atoms with van der Waals surface area (Å²) in [4.78, 5) is 11.8. The molecule has 1 aromatic heterocycles. The zero-order valence-corrected chi connectivity index (χ0v) is 7.98. The molecule has 4 heteroatoms. The lowest BCUT2D eigenvalue weighted by Crippen LogP contribution is -2.06. The molecule has 74 valence electrons. The molecule has 0 saturated carbocycles. The second-order valence-corrected chi connectivity index (χ2v) is 2.92. The van der Waals surface area contributed by atoms with Crippen LogP contribution in [-0.2, 0) is 0 Å². The fourth-order valence-corrected chi connectivity index (χ4v) is 1.39. The van der Waals surface area contributed by atoms with Crippen LogP contribution in [0.15, 0.2) is 33.7 Å². The third kappa shape index (κ3) is 1.34. The number of ether oxygens (including phenoxy) is 1. The first-order chi connectivity index (χ1) is 7.27. The van der Waals surface area contributed by atoms with E-state index in [1.54, 1.807) is 24.3 Å². The maximum absolute atomic E-state index is 11.8. The molecule has 0 radical (unpaired) electrons. The summed E-state index contributed by atoms with van der Waals surface area (Å²) in [7, 11) is 1.47. The molecule has 0 bridgehead atoms. The Bertz CT molecular complexity index is 607. The fraction of sp³-hybridized carbons (Fsp3) is 0.0909. The molecule has 4 nitrogen and oxygen atoms in total. The van der Waals surface area contributed by atoms with Gasteiger partial charge in [-0.3, -0.25) is 4.79 Å². The van der Waals surface area contributed by atoms with Gasteiger partial charge < -0.3 is 9.15 Å². The lowest BCUT2D eigenvalue weighted by molar-refractivity contribution is 0.418. The van der Waals surface area contributed by atoms with Crippen molar-refractivity contribution in [3.8, 4) is 11.8 Å². The molecular formula is C11H7NO3. The monoisotopic (exact) mass is 201 g/mol. The van der Waals surface area contributed by atoms with E-state index in [9.17, 15) is 4.79 Å². The molecule has 0 aliphatic carbocycles. The average molecular weight is 201 g/mol. The molecule has 0 fully saturated rings. The molecule has 15 heavy (non-hydrogen) atoms. The number of nitriles is 1. The molecular weight excluding hydrogens is 194 g/mol. The first-order valence-corrected chi connectivity index (χ1v) is 4.26. The minimum Gasteiger partial charge on any atom is -0.496 e. The summed E-state index contributed by atoms with van der Waals surface area (Å²) < 4.78 is 10.2. The summed E-state index contributed by atoms with van der Waals surface area (Å²) in [5.74, 6) is 0.415. The van der Waals surface area contributed by atoms with Gasteiger partial charge in [0.25, 0.3) is 0 Å². The van der Waals surface area contributed by atoms with Crippen LogP contribution < -0.4 is 10.2 Å². The Morgan fingerprint density at radius 2 is 2.27 bits per heavy atom. The molecule has 0 saturated heterocycles. The highest BCUT2D eigenvalue weighted by molar-refractivity contribution is 5.84. The maximum Gasteiger partial charge on any atom is 0.214 e. The van der Waals surface area contributed by atoms with Crippen LogP contribution in [0.2, 0.25) is 0 Å². The van der Waals surface area contributed by atoms with Gasteiger partial charge in [0.15, 0.2) is 0 Å². The minimum atomic E-state index is -0.365. The van der Waals surface area contributed by atoms with E-state index in [4.69, 9.17) is 14.4 Å². The highest BCUT2D eigenvalue weighted by Gasteiger charge is 2.10. The van der Waals surface area contributed by atoms with Crippen molar-refractivity contribution in [3.63, 3.8) is 0 Å². The largest absolute Gasteiger partial charge is 0.496 e. The second kappa shape index (κ2) is 3.46. The van der Waals surface area contributed by atoms with E-state index in [2.05, 4.69) is 0 Å². The van der Waals surface area contributed by atoms with Crippen LogP contribution >= 0.6 is 0 Å². The van der Waals surface area contributed by atoms with E-state index in [1.165, 1.54) is 7.11 Å². The topological polar surface area (TPSA) is 63.2 Å². The quantitative estimate of drug-likeness (QED) is 0.704. The van der Waals surface area contributed by atoms with Crippen molar-refractivity contribution in [3.05, 3.63) is 40.2 Å². The Morgan fingerprint density at radius 1 is 1.47 bits per heavy atom. The molecule has 0 aliphatic heterocycles. The van der Waals surface area contributed by atoms with Gasteiger partial charge in [-0.1, -0.05) is 6.07 Å². The zero-order chi connectivity index (χ0) is 10.8. The van der Waals surface area contributed by atoms with E-state index in [0.717, 1.165) is 6.26 Å². The van der Waals surface area contributed by atoms with Crippen LogP contribution in [0.4, 0.5) is 0 Å². The fourth-order valence-electron chi connectivity index (χ4n) is 1.39. The third-order valence-corrected chi connectivity index (χ3v) is 2.10. The number of benzene rings is 1. The molecule has 0 spiro atoms. The van der Waals surface area contributed by atoms with Crippen LogP contribution in [0.1, 0.15) is 5.56 Å². The summed E-state index contributed by atoms with van der Waals surface area (Å²) in [5.41, 5.74) is 0.0292. The molecule has 0 atom stereocenters. The van der Waals surface area contributed by atoms with Gasteiger partial charge in [-0.25, -0.2) is 0 Å². The lowest BCUT2D eigenvalue weighted by Gasteiger charge is -2.02. The molecule has 1 heterocycles. The SMILES string of the molecule is COc1cccc2occ(C#N)c(=O)c12. The average Bonchev–Trinajstić information content (AvgIpc) is 2.29. The van der Waals surface area contributed by atoms with Crippen molar-refractivity contribution >= 4 is 11.0 Å². The number of nitrogens with zero attached hydrogens (tertiary/aromatic N) is 1. The molecule has 0 aliphatic rings. The first kappa shape index (κ1) is 9.28. The minimum absolute atomic E-state index is 0.0213. The van der Waals surface area contributed by atoms with Crippen LogP contribution in [0.5, 0.6) is 5.75 Å². The van der Waals surface area contributed by atoms with E-state index >= 15 is 0 Å². The lowest BCUT2D eigenvalue weighted by atomic mass is 10.1. The molecule has 0 N–H and O–H groups in total. The van der Waals surface area contributed by atoms with Crippen molar-refractivity contribution in [2.45, 2.75) is 0 Å². The molecule has 0 unspecified atom stereocenters. The number of hydrogen-bond donors (Lipinski definition) is 0. The van der Waals surface area contributed by atoms with E-state index in [0.29, 0.717) is 16.7 Å². The Hall–Kier alpha value is -2.28. The highest BCUT2D eigenvalue weighted by atomic mass is 16.5. The summed E-state index contributed by atoms with van der Waals surface area (Å²) in [6.45, 7) is 0. The van der Waals surface area contributed by atoms with Crippen LogP contribution in [0, 0.1) is 11.3 Å². The smallest absolute Gasteiger partial charge is 0.214 e. The van der Waals surface area contributed by atoms with Crippen LogP contribution in [-0.4, -0.2) is 7.11 Å². The van der Waals surface area contributed by atoms with Crippen molar-refractivity contribution in [2.24, 2.45) is 0 Å². The third-order valence-electron chi connectivity index (χ3n) is 2.10. The van der Waals surface area contributed by atoms with Crippen molar-refractivity contribution in [1.29, 1.82) is 5.26 Å². The number of hydrogen-bond acceptors (Lipinski definition) is 4. The van der Waals surface area contributed by atoms with Crippen LogP contribution in [0.25, 0.3) is 11.0 Å². The molecule has 0 amide bonds. The Labute approximate surface area is 85.3 Å². The van der Waals surface area contributed by atoms with E-state index in [1.807, 2.05) is 0 Å². The Balaban J connectivity index is 2.97. The van der Waals surface area contributed by atoms with Crippen molar-refractivity contribution in [2.75, 3.05) is 7.11 Å². The predicted octanol–water partition coefficient (Wildman–Crippen LogP) is 1.67. The van der Waals surface area contributed by atoms with Crippen molar-refractivity contribution < 1.29 is 9.15 Å². The number of methoxy groups -OCH3 is 1. The van der Waals surface area contributed by atoms with Crippen molar-refractivity contribution in [1.82, 2.24) is 0 Å². The van der Waals surface area contributed by atoms with Gasteiger partial charge in [-0.2, -0.15) is 5.26 Å². The normalized spacial score (nSPS) is 9.87. The highest BCUT2D eigenvalue weighted by Crippen LogP contribution is 2.22. The summed E-state index contributed by atoms with van der Waals surface area (Å²) in [6, 6.07) is 6.80. The molecule has 1 aromatic carbocycles. The van der Waals surface area contributed by atoms with Gasteiger partial charge in [0.05, 0.1) is 7.11 Å². The summed E-state index contributed by atoms with van der Waals surface area (Å²) >= 11 is 0. The molecule has 2 aromatic rings. The zero-order valence-electron chi connectivity index (χ0n) is 7.98. The van der Waals surface area contributed by atoms with E-state index in [-0.39, 0.29) is 11.0 Å². The maximum atomic E-state index is 11.8. The number of fused-ring (bicyclic) bond motifs is 1. The Morgan fingerprint density at radius 3 is 2.93 bits per heavy atom. The van der Waals surface area contributed by atoms with Gasteiger partial charge >= 0.3 is 0 Å². The van der Waals surface area contributed by atoms with Gasteiger partial charge in [0.1, 0.15) is 34.6 Å². The summed E-state index contributed by atoms with van der Waals surface area (Å²) in [5, 5.41) is 9.00. The van der Waals surface area contributed by atoms with E-state index < -0.39 is 0 Å². The predicted molar refractivity (Wildman–Crippen MR) is 53.8 cm³/mol. The number of rotatable bonds is 1. The van der Waals surface area contributed by atoms with Gasteiger partial charge in [-0.15, -0.1) is 0 Å². The second-order valence-electron chi connectivity index (χ2n) is 2.92. The van der Waals surface area contributed by atoms with Gasteiger partial charge in [0.2, 0.25) is 5.43 Å².